The molecule has 1 aliphatic rings. The zero-order chi connectivity index (χ0) is 12.4. The third-order valence-electron chi connectivity index (χ3n) is 3.63. The van der Waals surface area contributed by atoms with Crippen LogP contribution in [0, 0.1) is 0 Å². The number of rotatable bonds is 4. The smallest absolute Gasteiger partial charge is 0.0438 e. The van der Waals surface area contributed by atoms with E-state index < -0.39 is 0 Å². The van der Waals surface area contributed by atoms with E-state index in [4.69, 9.17) is 5.73 Å². The predicted octanol–water partition coefficient (Wildman–Crippen LogP) is 3.20. The summed E-state index contributed by atoms with van der Waals surface area (Å²) in [6.07, 6.45) is 1.08. The summed E-state index contributed by atoms with van der Waals surface area (Å²) in [5.74, 6) is 0.602. The van der Waals surface area contributed by atoms with Crippen LogP contribution in [0.5, 0.6) is 0 Å². The number of hydrogen-bond acceptors (Lipinski definition) is 3. The molecule has 3 heteroatoms. The first-order valence-corrected chi connectivity index (χ1v) is 7.38. The summed E-state index contributed by atoms with van der Waals surface area (Å²) in [4.78, 5) is 2.48. The second-order valence-corrected chi connectivity index (χ2v) is 5.63. The van der Waals surface area contributed by atoms with Crippen molar-refractivity contribution < 1.29 is 0 Å². The van der Waals surface area contributed by atoms with Crippen molar-refractivity contribution >= 4 is 17.0 Å². The fourth-order valence-corrected chi connectivity index (χ4v) is 3.44. The number of hydrogen-bond donors (Lipinski definition) is 1. The van der Waals surface area contributed by atoms with E-state index in [2.05, 4.69) is 46.0 Å². The van der Waals surface area contributed by atoms with Gasteiger partial charge in [0, 0.05) is 24.7 Å². The highest BCUT2D eigenvalue weighted by Gasteiger charge is 2.27. The summed E-state index contributed by atoms with van der Waals surface area (Å²) in [6.45, 7) is 2.89. The Balaban J connectivity index is 1.85. The van der Waals surface area contributed by atoms with Crippen LogP contribution in [0.4, 0.5) is 5.69 Å². The van der Waals surface area contributed by atoms with E-state index in [9.17, 15) is 0 Å². The third-order valence-corrected chi connectivity index (χ3v) is 4.36. The Kier molecular flexibility index (Phi) is 3.35. The molecule has 1 unspecified atom stereocenters. The molecular weight excluding hydrogens is 240 g/mol. The highest BCUT2D eigenvalue weighted by atomic mass is 32.1. The van der Waals surface area contributed by atoms with Crippen LogP contribution in [0.2, 0.25) is 0 Å². The molecule has 0 saturated carbocycles. The van der Waals surface area contributed by atoms with E-state index in [1.807, 2.05) is 0 Å². The molecule has 1 aromatic carbocycles. The normalized spacial score (nSPS) is 18.1. The van der Waals surface area contributed by atoms with Crippen LogP contribution in [0.15, 0.2) is 41.1 Å². The molecule has 2 heterocycles. The van der Waals surface area contributed by atoms with Gasteiger partial charge in [-0.2, -0.15) is 11.3 Å². The second-order valence-electron chi connectivity index (χ2n) is 4.85. The molecule has 0 bridgehead atoms. The van der Waals surface area contributed by atoms with Gasteiger partial charge < -0.3 is 10.6 Å². The van der Waals surface area contributed by atoms with Gasteiger partial charge in [-0.15, -0.1) is 0 Å². The monoisotopic (exact) mass is 258 g/mol. The summed E-state index contributed by atoms with van der Waals surface area (Å²) in [5.41, 5.74) is 10.00. The molecular formula is C15H18N2S. The van der Waals surface area contributed by atoms with E-state index in [1.165, 1.54) is 16.8 Å². The molecule has 3 rings (SSSR count). The Morgan fingerprint density at radius 3 is 2.94 bits per heavy atom. The summed E-state index contributed by atoms with van der Waals surface area (Å²) < 4.78 is 0. The van der Waals surface area contributed by atoms with Crippen molar-refractivity contribution in [1.82, 2.24) is 0 Å². The zero-order valence-electron chi connectivity index (χ0n) is 10.4. The lowest BCUT2D eigenvalue weighted by Gasteiger charge is -2.19. The SMILES string of the molecule is NCCC1CN(Cc2ccsc2)c2ccccc21. The average molecular weight is 258 g/mol. The molecule has 1 atom stereocenters. The molecule has 0 spiro atoms. The zero-order valence-corrected chi connectivity index (χ0v) is 11.2. The van der Waals surface area contributed by atoms with E-state index in [-0.39, 0.29) is 0 Å². The van der Waals surface area contributed by atoms with Crippen molar-refractivity contribution in [3.63, 3.8) is 0 Å². The Morgan fingerprint density at radius 2 is 2.17 bits per heavy atom. The molecule has 2 nitrogen and oxygen atoms in total. The lowest BCUT2D eigenvalue weighted by atomic mass is 9.98. The van der Waals surface area contributed by atoms with Crippen molar-refractivity contribution in [1.29, 1.82) is 0 Å². The van der Waals surface area contributed by atoms with Gasteiger partial charge in [0.05, 0.1) is 0 Å². The van der Waals surface area contributed by atoms with Crippen LogP contribution in [0.25, 0.3) is 0 Å². The van der Waals surface area contributed by atoms with E-state index in [0.29, 0.717) is 5.92 Å². The summed E-state index contributed by atoms with van der Waals surface area (Å²) >= 11 is 1.77. The highest BCUT2D eigenvalue weighted by Crippen LogP contribution is 2.38. The van der Waals surface area contributed by atoms with Crippen LogP contribution in [0.1, 0.15) is 23.5 Å². The van der Waals surface area contributed by atoms with Crippen molar-refractivity contribution in [3.05, 3.63) is 52.2 Å². The van der Waals surface area contributed by atoms with Crippen LogP contribution in [-0.4, -0.2) is 13.1 Å². The molecule has 2 aromatic rings. The minimum atomic E-state index is 0.602. The average Bonchev–Trinajstić information content (AvgIpc) is 3.00. The van der Waals surface area contributed by atoms with Gasteiger partial charge in [-0.05, 0) is 47.0 Å². The first-order valence-electron chi connectivity index (χ1n) is 6.43. The Labute approximate surface area is 112 Å². The summed E-state index contributed by atoms with van der Waals surface area (Å²) in [6, 6.07) is 11.0. The summed E-state index contributed by atoms with van der Waals surface area (Å²) in [7, 11) is 0. The van der Waals surface area contributed by atoms with E-state index in [1.54, 1.807) is 11.3 Å². The highest BCUT2D eigenvalue weighted by molar-refractivity contribution is 7.07. The first kappa shape index (κ1) is 11.8. The van der Waals surface area contributed by atoms with Gasteiger partial charge >= 0.3 is 0 Å². The van der Waals surface area contributed by atoms with E-state index >= 15 is 0 Å². The molecule has 18 heavy (non-hydrogen) atoms. The largest absolute Gasteiger partial charge is 0.366 e. The van der Waals surface area contributed by atoms with Crippen LogP contribution in [-0.2, 0) is 6.54 Å². The number of nitrogens with two attached hydrogens (primary N) is 1. The standard InChI is InChI=1S/C15H18N2S/c16-7-5-13-10-17(9-12-6-8-18-11-12)15-4-2-1-3-14(13)15/h1-4,6,8,11,13H,5,7,9-10,16H2. The maximum absolute atomic E-state index is 5.73. The topological polar surface area (TPSA) is 29.3 Å². The van der Waals surface area contributed by atoms with Gasteiger partial charge in [-0.25, -0.2) is 0 Å². The van der Waals surface area contributed by atoms with Gasteiger partial charge in [0.25, 0.3) is 0 Å². The van der Waals surface area contributed by atoms with Gasteiger partial charge in [0.15, 0.2) is 0 Å². The molecule has 0 saturated heterocycles. The van der Waals surface area contributed by atoms with E-state index in [0.717, 1.165) is 26.1 Å². The number of anilines is 1. The number of para-hydroxylation sites is 1. The maximum atomic E-state index is 5.73. The van der Waals surface area contributed by atoms with Gasteiger partial charge in [0.1, 0.15) is 0 Å². The maximum Gasteiger partial charge on any atom is 0.0438 e. The van der Waals surface area contributed by atoms with Crippen molar-refractivity contribution in [2.75, 3.05) is 18.0 Å². The Morgan fingerprint density at radius 1 is 1.28 bits per heavy atom. The number of nitrogens with zero attached hydrogens (tertiary/aromatic N) is 1. The molecule has 0 amide bonds. The van der Waals surface area contributed by atoms with Gasteiger partial charge in [-0.3, -0.25) is 0 Å². The van der Waals surface area contributed by atoms with Crippen molar-refractivity contribution in [2.45, 2.75) is 18.9 Å². The van der Waals surface area contributed by atoms with Crippen LogP contribution in [0.3, 0.4) is 0 Å². The lowest BCUT2D eigenvalue weighted by Crippen LogP contribution is -2.21. The molecule has 1 aliphatic heterocycles. The quantitative estimate of drug-likeness (QED) is 0.912. The Bertz CT molecular complexity index is 507. The number of benzene rings is 1. The fourth-order valence-electron chi connectivity index (χ4n) is 2.78. The number of thiophene rings is 1. The van der Waals surface area contributed by atoms with Crippen LogP contribution >= 0.6 is 11.3 Å². The van der Waals surface area contributed by atoms with Gasteiger partial charge in [-0.1, -0.05) is 18.2 Å². The fraction of sp³-hybridized carbons (Fsp3) is 0.333. The van der Waals surface area contributed by atoms with Crippen molar-refractivity contribution in [2.24, 2.45) is 5.73 Å². The lowest BCUT2D eigenvalue weighted by molar-refractivity contribution is 0.644. The molecule has 1 aromatic heterocycles. The second kappa shape index (κ2) is 5.12. The molecule has 0 radical (unpaired) electrons. The number of fused-ring (bicyclic) bond motifs is 1. The molecule has 0 aliphatic carbocycles. The first-order chi connectivity index (χ1) is 8.88. The Hall–Kier alpha value is -1.32. The third kappa shape index (κ3) is 2.16. The summed E-state index contributed by atoms with van der Waals surface area (Å²) in [5, 5.41) is 4.38. The van der Waals surface area contributed by atoms with Crippen LogP contribution < -0.4 is 10.6 Å². The van der Waals surface area contributed by atoms with Crippen molar-refractivity contribution in [3.8, 4) is 0 Å². The molecule has 0 fully saturated rings. The minimum Gasteiger partial charge on any atom is -0.366 e. The minimum absolute atomic E-state index is 0.602. The molecule has 2 N–H and O–H groups in total. The predicted molar refractivity (Wildman–Crippen MR) is 78.2 cm³/mol. The molecule has 94 valence electrons. The van der Waals surface area contributed by atoms with Gasteiger partial charge in [0.2, 0.25) is 0 Å².